The average molecular weight is 179 g/mol. The molecule has 0 saturated heterocycles. The molecular formula is C8H12Cl2. The smallest absolute Gasteiger partial charge is 0.0447 e. The highest BCUT2D eigenvalue weighted by atomic mass is 35.5. The van der Waals surface area contributed by atoms with Gasteiger partial charge in [0.1, 0.15) is 0 Å². The highest BCUT2D eigenvalue weighted by Gasteiger charge is 2.07. The fourth-order valence-electron chi connectivity index (χ4n) is 1.25. The quantitative estimate of drug-likeness (QED) is 0.538. The average Bonchev–Trinajstić information content (AvgIpc) is 2.13. The molecule has 0 bridgehead atoms. The molecule has 0 aromatic heterocycles. The summed E-state index contributed by atoms with van der Waals surface area (Å²) < 4.78 is 0. The fourth-order valence-corrected chi connectivity index (χ4v) is 1.91. The third-order valence-electron chi connectivity index (χ3n) is 1.92. The first-order valence-electron chi connectivity index (χ1n) is 3.77. The van der Waals surface area contributed by atoms with Crippen molar-refractivity contribution in [3.63, 3.8) is 0 Å². The standard InChI is InChI=1S/C8H12Cl2/c9-6-7-4-2-1-3-5-8(7)10/h1-6H2. The summed E-state index contributed by atoms with van der Waals surface area (Å²) in [6, 6.07) is 0. The molecule has 0 saturated carbocycles. The van der Waals surface area contributed by atoms with E-state index >= 15 is 0 Å². The van der Waals surface area contributed by atoms with E-state index < -0.39 is 0 Å². The van der Waals surface area contributed by atoms with E-state index in [0.29, 0.717) is 5.88 Å². The third-order valence-corrected chi connectivity index (χ3v) is 2.70. The lowest BCUT2D eigenvalue weighted by atomic mass is 10.1. The van der Waals surface area contributed by atoms with Crippen molar-refractivity contribution in [1.82, 2.24) is 0 Å². The van der Waals surface area contributed by atoms with E-state index in [1.807, 2.05) is 0 Å². The number of allylic oxidation sites excluding steroid dienone is 2. The van der Waals surface area contributed by atoms with E-state index in [2.05, 4.69) is 0 Å². The van der Waals surface area contributed by atoms with Gasteiger partial charge in [-0.25, -0.2) is 0 Å². The molecule has 0 amide bonds. The molecule has 0 spiro atoms. The molecule has 1 rings (SSSR count). The van der Waals surface area contributed by atoms with Crippen molar-refractivity contribution in [3.05, 3.63) is 10.6 Å². The Morgan fingerprint density at radius 3 is 2.50 bits per heavy atom. The van der Waals surface area contributed by atoms with Gasteiger partial charge in [-0.05, 0) is 31.3 Å². The molecule has 0 heterocycles. The molecule has 0 radical (unpaired) electrons. The molecule has 0 fully saturated rings. The van der Waals surface area contributed by atoms with Crippen LogP contribution in [0.3, 0.4) is 0 Å². The molecule has 1 aliphatic rings. The first-order chi connectivity index (χ1) is 4.84. The van der Waals surface area contributed by atoms with Gasteiger partial charge in [0.05, 0.1) is 0 Å². The minimum Gasteiger partial charge on any atom is -0.122 e. The van der Waals surface area contributed by atoms with Crippen molar-refractivity contribution in [1.29, 1.82) is 0 Å². The molecule has 0 N–H and O–H groups in total. The first kappa shape index (κ1) is 8.42. The van der Waals surface area contributed by atoms with E-state index in [-0.39, 0.29) is 0 Å². The molecule has 0 unspecified atom stereocenters. The second-order valence-electron chi connectivity index (χ2n) is 2.70. The van der Waals surface area contributed by atoms with Crippen LogP contribution in [0.1, 0.15) is 32.1 Å². The molecule has 1 aliphatic carbocycles. The lowest BCUT2D eigenvalue weighted by Gasteiger charge is -2.00. The first-order valence-corrected chi connectivity index (χ1v) is 4.68. The monoisotopic (exact) mass is 178 g/mol. The lowest BCUT2D eigenvalue weighted by Crippen LogP contribution is -1.85. The largest absolute Gasteiger partial charge is 0.122 e. The van der Waals surface area contributed by atoms with Gasteiger partial charge in [-0.15, -0.1) is 11.6 Å². The zero-order chi connectivity index (χ0) is 7.40. The van der Waals surface area contributed by atoms with E-state index in [1.54, 1.807) is 0 Å². The Labute approximate surface area is 72.2 Å². The summed E-state index contributed by atoms with van der Waals surface area (Å²) in [5.74, 6) is 0.624. The van der Waals surface area contributed by atoms with Crippen LogP contribution in [0, 0.1) is 0 Å². The summed E-state index contributed by atoms with van der Waals surface area (Å²) in [5.41, 5.74) is 1.26. The molecule has 0 aliphatic heterocycles. The third kappa shape index (κ3) is 2.17. The highest BCUT2D eigenvalue weighted by Crippen LogP contribution is 2.26. The molecule has 0 atom stereocenters. The van der Waals surface area contributed by atoms with Crippen LogP contribution in [0.5, 0.6) is 0 Å². The zero-order valence-electron chi connectivity index (χ0n) is 6.00. The van der Waals surface area contributed by atoms with Gasteiger partial charge in [0.2, 0.25) is 0 Å². The summed E-state index contributed by atoms with van der Waals surface area (Å²) in [4.78, 5) is 0. The van der Waals surface area contributed by atoms with Crippen molar-refractivity contribution < 1.29 is 0 Å². The second kappa shape index (κ2) is 4.25. The summed E-state index contributed by atoms with van der Waals surface area (Å²) in [6.45, 7) is 0. The number of halogens is 2. The van der Waals surface area contributed by atoms with Crippen molar-refractivity contribution in [2.24, 2.45) is 0 Å². The van der Waals surface area contributed by atoms with E-state index in [4.69, 9.17) is 23.2 Å². The fraction of sp³-hybridized carbons (Fsp3) is 0.750. The van der Waals surface area contributed by atoms with Gasteiger partial charge >= 0.3 is 0 Å². The Morgan fingerprint density at radius 2 is 1.80 bits per heavy atom. The maximum absolute atomic E-state index is 5.98. The van der Waals surface area contributed by atoms with Crippen molar-refractivity contribution in [2.75, 3.05) is 5.88 Å². The summed E-state index contributed by atoms with van der Waals surface area (Å²) in [5, 5.41) is 1.02. The van der Waals surface area contributed by atoms with Gasteiger partial charge in [0.15, 0.2) is 0 Å². The Balaban J connectivity index is 2.58. The SMILES string of the molecule is ClCC1=C(Cl)CCCCC1. The van der Waals surface area contributed by atoms with Crippen molar-refractivity contribution >= 4 is 23.2 Å². The Kier molecular flexibility index (Phi) is 3.58. The van der Waals surface area contributed by atoms with Gasteiger partial charge in [-0.1, -0.05) is 18.0 Å². The van der Waals surface area contributed by atoms with Gasteiger partial charge in [-0.2, -0.15) is 0 Å². The van der Waals surface area contributed by atoms with Gasteiger partial charge in [0, 0.05) is 10.9 Å². The molecule has 0 nitrogen and oxygen atoms in total. The molecule has 10 heavy (non-hydrogen) atoms. The van der Waals surface area contributed by atoms with Crippen molar-refractivity contribution in [2.45, 2.75) is 32.1 Å². The molecule has 0 aromatic rings. The highest BCUT2D eigenvalue weighted by molar-refractivity contribution is 6.31. The van der Waals surface area contributed by atoms with Crippen LogP contribution in [0.25, 0.3) is 0 Å². The van der Waals surface area contributed by atoms with Gasteiger partial charge in [-0.3, -0.25) is 0 Å². The molecule has 0 aromatic carbocycles. The topological polar surface area (TPSA) is 0 Å². The molecular weight excluding hydrogens is 167 g/mol. The Morgan fingerprint density at radius 1 is 1.10 bits per heavy atom. The van der Waals surface area contributed by atoms with Gasteiger partial charge in [0.25, 0.3) is 0 Å². The maximum atomic E-state index is 5.98. The minimum absolute atomic E-state index is 0.624. The predicted molar refractivity (Wildman–Crippen MR) is 46.7 cm³/mol. The zero-order valence-corrected chi connectivity index (χ0v) is 7.51. The minimum atomic E-state index is 0.624. The van der Waals surface area contributed by atoms with Crippen LogP contribution in [0.2, 0.25) is 0 Å². The number of hydrogen-bond donors (Lipinski definition) is 0. The summed E-state index contributed by atoms with van der Waals surface area (Å²) >= 11 is 11.7. The van der Waals surface area contributed by atoms with Crippen LogP contribution in [-0.4, -0.2) is 5.88 Å². The van der Waals surface area contributed by atoms with Gasteiger partial charge < -0.3 is 0 Å². The number of rotatable bonds is 1. The summed E-state index contributed by atoms with van der Waals surface area (Å²) in [6.07, 6.45) is 5.96. The summed E-state index contributed by atoms with van der Waals surface area (Å²) in [7, 11) is 0. The van der Waals surface area contributed by atoms with E-state index in [1.165, 1.54) is 24.8 Å². The van der Waals surface area contributed by atoms with Crippen LogP contribution >= 0.6 is 23.2 Å². The van der Waals surface area contributed by atoms with E-state index in [0.717, 1.165) is 17.9 Å². The normalized spacial score (nSPS) is 21.0. The molecule has 2 heteroatoms. The van der Waals surface area contributed by atoms with Crippen molar-refractivity contribution in [3.8, 4) is 0 Å². The maximum Gasteiger partial charge on any atom is 0.0447 e. The van der Waals surface area contributed by atoms with E-state index in [9.17, 15) is 0 Å². The Bertz CT molecular complexity index is 138. The van der Waals surface area contributed by atoms with Crippen LogP contribution < -0.4 is 0 Å². The second-order valence-corrected chi connectivity index (χ2v) is 3.43. The lowest BCUT2D eigenvalue weighted by molar-refractivity contribution is 0.710. The predicted octanol–water partition coefficient (Wildman–Crippen LogP) is 3.68. The number of hydrogen-bond acceptors (Lipinski definition) is 0. The van der Waals surface area contributed by atoms with Crippen LogP contribution in [0.15, 0.2) is 10.6 Å². The van der Waals surface area contributed by atoms with Crippen LogP contribution in [-0.2, 0) is 0 Å². The number of alkyl halides is 1. The molecule has 58 valence electrons. The van der Waals surface area contributed by atoms with Crippen LogP contribution in [0.4, 0.5) is 0 Å². The Hall–Kier alpha value is 0.320.